The Morgan fingerprint density at radius 1 is 0.958 bits per heavy atom. The number of carbonyl (C=O) groups is 1. The van der Waals surface area contributed by atoms with Crippen LogP contribution in [-0.2, 0) is 0 Å². The number of aromatic nitrogens is 1. The molecule has 1 heterocycles. The van der Waals surface area contributed by atoms with Crippen molar-refractivity contribution < 1.29 is 4.79 Å². The van der Waals surface area contributed by atoms with Gasteiger partial charge in [0, 0.05) is 28.7 Å². The van der Waals surface area contributed by atoms with Gasteiger partial charge >= 0.3 is 0 Å². The minimum atomic E-state index is -0.0792. The standard InChI is InChI=1S/C20H17N3O/c21-17-11-8-15(9-12-17)19(24)13-10-16-5-4-14-22-20(16)23-18-6-2-1-3-7-18/h1-14H,21H2,(H,22,23)/b13-10+. The van der Waals surface area contributed by atoms with Gasteiger partial charge in [-0.25, -0.2) is 4.98 Å². The van der Waals surface area contributed by atoms with E-state index < -0.39 is 0 Å². The number of nitrogens with two attached hydrogens (primary N) is 1. The summed E-state index contributed by atoms with van der Waals surface area (Å²) in [5.41, 5.74) is 8.65. The summed E-state index contributed by atoms with van der Waals surface area (Å²) in [5, 5.41) is 3.25. The highest BCUT2D eigenvalue weighted by Crippen LogP contribution is 2.19. The van der Waals surface area contributed by atoms with Gasteiger partial charge in [-0.05, 0) is 60.7 Å². The van der Waals surface area contributed by atoms with Crippen molar-refractivity contribution in [3.63, 3.8) is 0 Å². The van der Waals surface area contributed by atoms with Gasteiger partial charge in [0.1, 0.15) is 5.82 Å². The molecule has 0 aliphatic rings. The van der Waals surface area contributed by atoms with Crippen LogP contribution in [0.25, 0.3) is 6.08 Å². The van der Waals surface area contributed by atoms with E-state index in [1.54, 1.807) is 42.6 Å². The molecule has 3 N–H and O–H groups in total. The molecule has 118 valence electrons. The summed E-state index contributed by atoms with van der Waals surface area (Å²) >= 11 is 0. The lowest BCUT2D eigenvalue weighted by atomic mass is 10.1. The predicted octanol–water partition coefficient (Wildman–Crippen LogP) is 4.30. The number of carbonyl (C=O) groups excluding carboxylic acids is 1. The third-order valence-corrected chi connectivity index (χ3v) is 3.48. The Balaban J connectivity index is 1.80. The molecule has 3 rings (SSSR count). The van der Waals surface area contributed by atoms with Gasteiger partial charge < -0.3 is 11.1 Å². The van der Waals surface area contributed by atoms with Crippen molar-refractivity contribution in [3.05, 3.63) is 90.1 Å². The van der Waals surface area contributed by atoms with E-state index in [1.807, 2.05) is 42.5 Å². The fraction of sp³-hybridized carbons (Fsp3) is 0. The lowest BCUT2D eigenvalue weighted by molar-refractivity contribution is 0.104. The van der Waals surface area contributed by atoms with Crippen LogP contribution in [0.5, 0.6) is 0 Å². The van der Waals surface area contributed by atoms with Gasteiger partial charge in [0.25, 0.3) is 0 Å². The number of rotatable bonds is 5. The first-order valence-electron chi connectivity index (χ1n) is 7.57. The summed E-state index contributed by atoms with van der Waals surface area (Å²) in [6, 6.07) is 20.4. The number of pyridine rings is 1. The maximum Gasteiger partial charge on any atom is 0.185 e. The van der Waals surface area contributed by atoms with Crippen LogP contribution in [0.2, 0.25) is 0 Å². The normalized spacial score (nSPS) is 10.7. The second kappa shape index (κ2) is 7.24. The van der Waals surface area contributed by atoms with Crippen LogP contribution in [0.3, 0.4) is 0 Å². The van der Waals surface area contributed by atoms with Crippen molar-refractivity contribution in [2.24, 2.45) is 0 Å². The molecule has 24 heavy (non-hydrogen) atoms. The largest absolute Gasteiger partial charge is 0.399 e. The van der Waals surface area contributed by atoms with Crippen LogP contribution in [0.4, 0.5) is 17.2 Å². The number of hydrogen-bond acceptors (Lipinski definition) is 4. The van der Waals surface area contributed by atoms with Crippen LogP contribution in [0.1, 0.15) is 15.9 Å². The average molecular weight is 315 g/mol. The SMILES string of the molecule is Nc1ccc(C(=O)/C=C/c2cccnc2Nc2ccccc2)cc1. The molecule has 1 aromatic heterocycles. The Hall–Kier alpha value is -3.40. The smallest absolute Gasteiger partial charge is 0.185 e. The van der Waals surface area contributed by atoms with Crippen LogP contribution < -0.4 is 11.1 Å². The van der Waals surface area contributed by atoms with Gasteiger partial charge in [0.15, 0.2) is 5.78 Å². The van der Waals surface area contributed by atoms with Crippen molar-refractivity contribution in [3.8, 4) is 0 Å². The van der Waals surface area contributed by atoms with E-state index in [2.05, 4.69) is 10.3 Å². The molecule has 0 saturated heterocycles. The zero-order chi connectivity index (χ0) is 16.8. The number of para-hydroxylation sites is 1. The summed E-state index contributed by atoms with van der Waals surface area (Å²) in [7, 11) is 0. The molecule has 0 aliphatic carbocycles. The number of nitrogen functional groups attached to an aromatic ring is 1. The molecule has 0 amide bonds. The summed E-state index contributed by atoms with van der Waals surface area (Å²) in [4.78, 5) is 16.6. The maximum absolute atomic E-state index is 12.2. The van der Waals surface area contributed by atoms with Gasteiger partial charge in [0.2, 0.25) is 0 Å². The minimum absolute atomic E-state index is 0.0792. The van der Waals surface area contributed by atoms with Gasteiger partial charge in [-0.15, -0.1) is 0 Å². The minimum Gasteiger partial charge on any atom is -0.399 e. The lowest BCUT2D eigenvalue weighted by Gasteiger charge is -2.08. The zero-order valence-electron chi connectivity index (χ0n) is 13.0. The quantitative estimate of drug-likeness (QED) is 0.418. The fourth-order valence-corrected chi connectivity index (χ4v) is 2.22. The average Bonchev–Trinajstić information content (AvgIpc) is 2.62. The molecule has 0 fully saturated rings. The zero-order valence-corrected chi connectivity index (χ0v) is 13.0. The van der Waals surface area contributed by atoms with Crippen LogP contribution in [0.15, 0.2) is 79.0 Å². The summed E-state index contributed by atoms with van der Waals surface area (Å²) in [5.74, 6) is 0.620. The van der Waals surface area contributed by atoms with Crippen LogP contribution in [-0.4, -0.2) is 10.8 Å². The molecule has 0 unspecified atom stereocenters. The number of nitrogens with zero attached hydrogens (tertiary/aromatic N) is 1. The number of allylic oxidation sites excluding steroid dienone is 1. The first-order chi connectivity index (χ1) is 11.7. The highest BCUT2D eigenvalue weighted by molar-refractivity contribution is 6.07. The van der Waals surface area contributed by atoms with E-state index in [1.165, 1.54) is 0 Å². The van der Waals surface area contributed by atoms with Gasteiger partial charge in [-0.2, -0.15) is 0 Å². The van der Waals surface area contributed by atoms with Gasteiger partial charge in [-0.1, -0.05) is 18.2 Å². The number of nitrogens with one attached hydrogen (secondary N) is 1. The highest BCUT2D eigenvalue weighted by atomic mass is 16.1. The summed E-state index contributed by atoms with van der Waals surface area (Å²) in [6.07, 6.45) is 5.01. The first-order valence-corrected chi connectivity index (χ1v) is 7.57. The van der Waals surface area contributed by atoms with E-state index in [-0.39, 0.29) is 5.78 Å². The van der Waals surface area contributed by atoms with Crippen molar-refractivity contribution >= 4 is 29.1 Å². The van der Waals surface area contributed by atoms with Gasteiger partial charge in [0.05, 0.1) is 0 Å². The molecule has 0 saturated carbocycles. The van der Waals surface area contributed by atoms with E-state index in [4.69, 9.17) is 5.73 Å². The Kier molecular flexibility index (Phi) is 4.68. The number of hydrogen-bond donors (Lipinski definition) is 2. The Bertz CT molecular complexity index is 856. The Morgan fingerprint density at radius 3 is 2.46 bits per heavy atom. The van der Waals surface area contributed by atoms with Crippen LogP contribution >= 0.6 is 0 Å². The first kappa shape index (κ1) is 15.5. The van der Waals surface area contributed by atoms with Crippen LogP contribution in [0, 0.1) is 0 Å². The summed E-state index contributed by atoms with van der Waals surface area (Å²) in [6.45, 7) is 0. The molecule has 3 aromatic rings. The van der Waals surface area contributed by atoms with Crippen molar-refractivity contribution in [2.45, 2.75) is 0 Å². The molecule has 0 bridgehead atoms. The molecule has 4 heteroatoms. The molecule has 4 nitrogen and oxygen atoms in total. The number of ketones is 1. The van der Waals surface area contributed by atoms with Crippen molar-refractivity contribution in [1.82, 2.24) is 4.98 Å². The van der Waals surface area contributed by atoms with E-state index in [9.17, 15) is 4.79 Å². The molecule has 0 atom stereocenters. The number of benzene rings is 2. The summed E-state index contributed by atoms with van der Waals surface area (Å²) < 4.78 is 0. The lowest BCUT2D eigenvalue weighted by Crippen LogP contribution is -1.97. The topological polar surface area (TPSA) is 68.0 Å². The van der Waals surface area contributed by atoms with E-state index in [0.29, 0.717) is 17.1 Å². The van der Waals surface area contributed by atoms with E-state index in [0.717, 1.165) is 11.3 Å². The maximum atomic E-state index is 12.2. The fourth-order valence-electron chi connectivity index (χ4n) is 2.22. The molecule has 0 aliphatic heterocycles. The Labute approximate surface area is 140 Å². The highest BCUT2D eigenvalue weighted by Gasteiger charge is 2.04. The molecular formula is C20H17N3O. The third kappa shape index (κ3) is 3.87. The molecule has 0 spiro atoms. The van der Waals surface area contributed by atoms with Gasteiger partial charge in [-0.3, -0.25) is 4.79 Å². The van der Waals surface area contributed by atoms with E-state index >= 15 is 0 Å². The third-order valence-electron chi connectivity index (χ3n) is 3.48. The molecule has 2 aromatic carbocycles. The van der Waals surface area contributed by atoms with Crippen molar-refractivity contribution in [1.29, 1.82) is 0 Å². The molecule has 0 radical (unpaired) electrons. The Morgan fingerprint density at radius 2 is 1.71 bits per heavy atom. The predicted molar refractivity (Wildman–Crippen MR) is 98.2 cm³/mol. The monoisotopic (exact) mass is 315 g/mol. The number of anilines is 3. The van der Waals surface area contributed by atoms with Crippen molar-refractivity contribution in [2.75, 3.05) is 11.1 Å². The second-order valence-electron chi connectivity index (χ2n) is 5.25. The second-order valence-corrected chi connectivity index (χ2v) is 5.25. The molecular weight excluding hydrogens is 298 g/mol.